The van der Waals surface area contributed by atoms with E-state index >= 15 is 0 Å². The zero-order valence-electron chi connectivity index (χ0n) is 10.9. The van der Waals surface area contributed by atoms with E-state index in [9.17, 15) is 22.8 Å². The van der Waals surface area contributed by atoms with Gasteiger partial charge in [0.05, 0.1) is 5.56 Å². The number of hydrogen-bond donors (Lipinski definition) is 2. The number of aromatic carboxylic acids is 1. The number of aliphatic imine (C=N–C) groups is 1. The van der Waals surface area contributed by atoms with E-state index in [2.05, 4.69) is 9.98 Å². The zero-order valence-corrected chi connectivity index (χ0v) is 10.9. The maximum Gasteiger partial charge on any atom is 0.422 e. The van der Waals surface area contributed by atoms with Crippen LogP contribution in [0, 0.1) is 6.92 Å². The van der Waals surface area contributed by atoms with Crippen molar-refractivity contribution in [1.29, 1.82) is 0 Å². The van der Waals surface area contributed by atoms with Gasteiger partial charge < -0.3 is 10.4 Å². The van der Waals surface area contributed by atoms with Crippen molar-refractivity contribution in [1.82, 2.24) is 10.3 Å². The summed E-state index contributed by atoms with van der Waals surface area (Å²) in [6.45, 7) is 2.14. The van der Waals surface area contributed by atoms with E-state index in [4.69, 9.17) is 5.11 Å². The molecule has 0 saturated heterocycles. The van der Waals surface area contributed by atoms with Crippen molar-refractivity contribution in [3.8, 4) is 0 Å². The second-order valence-corrected chi connectivity index (χ2v) is 4.67. The van der Waals surface area contributed by atoms with Gasteiger partial charge in [0.15, 0.2) is 5.84 Å². The number of carbonyl (C=O) groups is 2. The Morgan fingerprint density at radius 3 is 2.52 bits per heavy atom. The minimum Gasteiger partial charge on any atom is -0.478 e. The average molecular weight is 301 g/mol. The lowest BCUT2D eigenvalue weighted by molar-refractivity contribution is -0.183. The fraction of sp³-hybridized carbons (Fsp3) is 0.333. The Morgan fingerprint density at radius 2 is 2.05 bits per heavy atom. The van der Waals surface area contributed by atoms with Crippen LogP contribution in [0.1, 0.15) is 28.5 Å². The van der Waals surface area contributed by atoms with Crippen LogP contribution in [0.5, 0.6) is 0 Å². The molecule has 112 valence electrons. The topological polar surface area (TPSA) is 91.7 Å². The largest absolute Gasteiger partial charge is 0.478 e. The first-order chi connectivity index (χ1) is 9.56. The Kier molecular flexibility index (Phi) is 3.23. The van der Waals surface area contributed by atoms with E-state index in [1.165, 1.54) is 13.1 Å². The van der Waals surface area contributed by atoms with Crippen molar-refractivity contribution in [3.63, 3.8) is 0 Å². The van der Waals surface area contributed by atoms with Crippen molar-refractivity contribution < 1.29 is 27.9 Å². The highest BCUT2D eigenvalue weighted by Crippen LogP contribution is 2.36. The molecule has 0 fully saturated rings. The fourth-order valence-corrected chi connectivity index (χ4v) is 1.73. The third-order valence-corrected chi connectivity index (χ3v) is 3.14. The molecule has 1 atom stereocenters. The van der Waals surface area contributed by atoms with Gasteiger partial charge in [-0.15, -0.1) is 0 Å². The standard InChI is InChI=1S/C12H10F3N3O3/c1-5-4-16-7(3-6(5)9(19)20)8-17-10(21)11(2,18-8)12(13,14)15/h3-4H,1-2H3,(H,19,20)(H,17,18,21). The monoisotopic (exact) mass is 301 g/mol. The molecule has 0 spiro atoms. The number of rotatable bonds is 2. The quantitative estimate of drug-likeness (QED) is 0.861. The molecule has 2 rings (SSSR count). The third kappa shape index (κ3) is 2.34. The molecule has 21 heavy (non-hydrogen) atoms. The number of nitrogens with zero attached hydrogens (tertiary/aromatic N) is 2. The van der Waals surface area contributed by atoms with Gasteiger partial charge in [0.25, 0.3) is 5.91 Å². The summed E-state index contributed by atoms with van der Waals surface area (Å²) in [7, 11) is 0. The third-order valence-electron chi connectivity index (χ3n) is 3.14. The minimum atomic E-state index is -4.86. The van der Waals surface area contributed by atoms with E-state index in [0.29, 0.717) is 12.5 Å². The van der Waals surface area contributed by atoms with Crippen LogP contribution in [-0.2, 0) is 4.79 Å². The van der Waals surface area contributed by atoms with Crippen LogP contribution in [0.4, 0.5) is 13.2 Å². The number of amides is 1. The lowest BCUT2D eigenvalue weighted by Gasteiger charge is -2.20. The summed E-state index contributed by atoms with van der Waals surface area (Å²) in [5, 5.41) is 11.0. The maximum atomic E-state index is 12.9. The smallest absolute Gasteiger partial charge is 0.422 e. The Morgan fingerprint density at radius 1 is 1.43 bits per heavy atom. The highest BCUT2D eigenvalue weighted by Gasteiger charge is 2.60. The predicted molar refractivity (Wildman–Crippen MR) is 65.1 cm³/mol. The molecule has 2 N–H and O–H groups in total. The number of pyridine rings is 1. The molecule has 0 saturated carbocycles. The Hall–Kier alpha value is -2.45. The fourth-order valence-electron chi connectivity index (χ4n) is 1.73. The zero-order chi connectivity index (χ0) is 16.0. The molecule has 0 aromatic carbocycles. The van der Waals surface area contributed by atoms with E-state index in [-0.39, 0.29) is 11.3 Å². The first-order valence-corrected chi connectivity index (χ1v) is 5.74. The van der Waals surface area contributed by atoms with Gasteiger partial charge in [0.2, 0.25) is 5.54 Å². The van der Waals surface area contributed by atoms with E-state index < -0.39 is 29.4 Å². The summed E-state index contributed by atoms with van der Waals surface area (Å²) in [6, 6.07) is 1.07. The summed E-state index contributed by atoms with van der Waals surface area (Å²) in [5.74, 6) is -2.98. The van der Waals surface area contributed by atoms with E-state index in [1.807, 2.05) is 5.32 Å². The summed E-state index contributed by atoms with van der Waals surface area (Å²) >= 11 is 0. The van der Waals surface area contributed by atoms with E-state index in [1.54, 1.807) is 0 Å². The van der Waals surface area contributed by atoms with Crippen molar-refractivity contribution >= 4 is 17.7 Å². The summed E-state index contributed by atoms with van der Waals surface area (Å²) < 4.78 is 38.6. The van der Waals surface area contributed by atoms with Crippen LogP contribution in [-0.4, -0.2) is 39.5 Å². The molecule has 1 unspecified atom stereocenters. The first-order valence-electron chi connectivity index (χ1n) is 5.74. The van der Waals surface area contributed by atoms with Crippen LogP contribution in [0.3, 0.4) is 0 Å². The minimum absolute atomic E-state index is 0.127. The van der Waals surface area contributed by atoms with Gasteiger partial charge in [-0.25, -0.2) is 9.79 Å². The molecular formula is C12H10F3N3O3. The second-order valence-electron chi connectivity index (χ2n) is 4.67. The average Bonchev–Trinajstić information content (AvgIpc) is 2.66. The number of amidine groups is 1. The van der Waals surface area contributed by atoms with E-state index in [0.717, 1.165) is 6.07 Å². The van der Waals surface area contributed by atoms with Gasteiger partial charge in [-0.3, -0.25) is 9.78 Å². The van der Waals surface area contributed by atoms with Crippen LogP contribution < -0.4 is 5.32 Å². The number of carbonyl (C=O) groups excluding carboxylic acids is 1. The summed E-state index contributed by atoms with van der Waals surface area (Å²) in [5.41, 5.74) is -2.83. The second kappa shape index (κ2) is 4.54. The molecule has 0 bridgehead atoms. The number of carboxylic acids is 1. The number of nitrogens with one attached hydrogen (secondary N) is 1. The Balaban J connectivity index is 2.50. The Labute approximate surface area is 116 Å². The molecule has 1 aromatic heterocycles. The van der Waals surface area contributed by atoms with Crippen LogP contribution in [0.2, 0.25) is 0 Å². The molecule has 9 heteroatoms. The molecule has 1 aliphatic rings. The number of halogens is 3. The van der Waals surface area contributed by atoms with Gasteiger partial charge in [-0.1, -0.05) is 0 Å². The van der Waals surface area contributed by atoms with Crippen LogP contribution >= 0.6 is 0 Å². The number of aromatic nitrogens is 1. The lowest BCUT2D eigenvalue weighted by atomic mass is 10.0. The van der Waals surface area contributed by atoms with Crippen molar-refractivity contribution in [2.75, 3.05) is 0 Å². The SMILES string of the molecule is Cc1cnc(C2=NC(C)(C(F)(F)F)C(=O)N2)cc1C(=O)O. The number of hydrogen-bond acceptors (Lipinski definition) is 4. The molecule has 1 aliphatic heterocycles. The summed E-state index contributed by atoms with van der Waals surface area (Å²) in [4.78, 5) is 29.7. The van der Waals surface area contributed by atoms with Gasteiger partial charge in [0, 0.05) is 6.20 Å². The normalized spacial score (nSPS) is 22.0. The molecule has 0 radical (unpaired) electrons. The number of carboxylic acid groups (broad SMARTS) is 1. The highest BCUT2D eigenvalue weighted by atomic mass is 19.4. The first kappa shape index (κ1) is 14.9. The van der Waals surface area contributed by atoms with Crippen molar-refractivity contribution in [2.45, 2.75) is 25.6 Å². The molecule has 1 aromatic rings. The van der Waals surface area contributed by atoms with Crippen molar-refractivity contribution in [2.24, 2.45) is 4.99 Å². The van der Waals surface area contributed by atoms with Gasteiger partial charge in [-0.2, -0.15) is 13.2 Å². The van der Waals surface area contributed by atoms with Crippen LogP contribution in [0.25, 0.3) is 0 Å². The molecule has 2 heterocycles. The maximum absolute atomic E-state index is 12.9. The van der Waals surface area contributed by atoms with Crippen molar-refractivity contribution in [3.05, 3.63) is 29.1 Å². The molecule has 0 aliphatic carbocycles. The highest BCUT2D eigenvalue weighted by molar-refractivity contribution is 6.15. The molecule has 6 nitrogen and oxygen atoms in total. The Bertz CT molecular complexity index is 669. The predicted octanol–water partition coefficient (Wildman–Crippen LogP) is 1.29. The molecular weight excluding hydrogens is 291 g/mol. The van der Waals surface area contributed by atoms with Crippen LogP contribution in [0.15, 0.2) is 17.3 Å². The van der Waals surface area contributed by atoms with Gasteiger partial charge >= 0.3 is 12.1 Å². The number of aryl methyl sites for hydroxylation is 1. The summed E-state index contributed by atoms with van der Waals surface area (Å²) in [6.07, 6.45) is -3.67. The van der Waals surface area contributed by atoms with Gasteiger partial charge in [0.1, 0.15) is 5.69 Å². The van der Waals surface area contributed by atoms with Gasteiger partial charge in [-0.05, 0) is 25.5 Å². The lowest BCUT2D eigenvalue weighted by Crippen LogP contribution is -2.48. The molecule has 1 amide bonds. The number of alkyl halides is 3.